The second-order valence-corrected chi connectivity index (χ2v) is 7.73. The van der Waals surface area contributed by atoms with Gasteiger partial charge in [0.2, 0.25) is 0 Å². The van der Waals surface area contributed by atoms with Crippen molar-refractivity contribution in [1.29, 1.82) is 0 Å². The van der Waals surface area contributed by atoms with Crippen LogP contribution in [0.1, 0.15) is 5.56 Å². The Kier molecular flexibility index (Phi) is 6.30. The number of anilines is 1. The average Bonchev–Trinajstić information content (AvgIpc) is 2.81. The van der Waals surface area contributed by atoms with Gasteiger partial charge in [-0.05, 0) is 36.4 Å². The van der Waals surface area contributed by atoms with Crippen molar-refractivity contribution in [2.24, 2.45) is 0 Å². The van der Waals surface area contributed by atoms with Crippen LogP contribution in [0.5, 0.6) is 0 Å². The summed E-state index contributed by atoms with van der Waals surface area (Å²) in [7, 11) is 0. The highest BCUT2D eigenvalue weighted by Crippen LogP contribution is 2.38. The molecule has 0 saturated carbocycles. The first-order valence-corrected chi connectivity index (χ1v) is 10.4. The number of esters is 1. The standard InChI is InChI=1S/C24H16ClF3N2O4/c25-17-9-5-8-16(24(26,27)28)22(17)29-20(31)13-34-21(32)12-30-18-10-3-1-6-14(18)23(33)15-7-2-4-11-19(15)30/h1-11H,12-13H2,(H,29,31). The van der Waals surface area contributed by atoms with E-state index in [4.69, 9.17) is 16.3 Å². The number of benzene rings is 3. The zero-order chi connectivity index (χ0) is 24.5. The number of carbonyl (C=O) groups excluding carboxylic acids is 2. The van der Waals surface area contributed by atoms with Crippen molar-refractivity contribution in [3.8, 4) is 0 Å². The van der Waals surface area contributed by atoms with Crippen LogP contribution in [0.3, 0.4) is 0 Å². The fourth-order valence-electron chi connectivity index (χ4n) is 3.63. The SMILES string of the molecule is O=C(COC(=O)Cn1c2ccccc2c(=O)c2ccccc21)Nc1c(Cl)cccc1C(F)(F)F. The van der Waals surface area contributed by atoms with Gasteiger partial charge < -0.3 is 14.6 Å². The molecule has 1 N–H and O–H groups in total. The van der Waals surface area contributed by atoms with Crippen molar-refractivity contribution in [3.63, 3.8) is 0 Å². The fraction of sp³-hybridized carbons (Fsp3) is 0.125. The molecule has 0 bridgehead atoms. The topological polar surface area (TPSA) is 77.4 Å². The number of alkyl halides is 3. The number of aromatic nitrogens is 1. The highest BCUT2D eigenvalue weighted by molar-refractivity contribution is 6.34. The number of ether oxygens (including phenoxy) is 1. The molecule has 0 unspecified atom stereocenters. The summed E-state index contributed by atoms with van der Waals surface area (Å²) in [5.74, 6) is -1.80. The zero-order valence-corrected chi connectivity index (χ0v) is 18.1. The molecule has 3 aromatic carbocycles. The summed E-state index contributed by atoms with van der Waals surface area (Å²) >= 11 is 5.82. The second-order valence-electron chi connectivity index (χ2n) is 7.32. The van der Waals surface area contributed by atoms with E-state index in [2.05, 4.69) is 5.32 Å². The highest BCUT2D eigenvalue weighted by atomic mass is 35.5. The maximum Gasteiger partial charge on any atom is 0.418 e. The number of para-hydroxylation sites is 3. The Balaban J connectivity index is 1.53. The average molecular weight is 489 g/mol. The van der Waals surface area contributed by atoms with Crippen LogP contribution >= 0.6 is 11.6 Å². The van der Waals surface area contributed by atoms with Gasteiger partial charge in [0, 0.05) is 10.8 Å². The molecule has 10 heteroatoms. The number of fused-ring (bicyclic) bond motifs is 2. The summed E-state index contributed by atoms with van der Waals surface area (Å²) < 4.78 is 46.2. The molecule has 0 fully saturated rings. The summed E-state index contributed by atoms with van der Waals surface area (Å²) in [4.78, 5) is 37.5. The lowest BCUT2D eigenvalue weighted by atomic mass is 10.1. The lowest BCUT2D eigenvalue weighted by Gasteiger charge is -2.16. The van der Waals surface area contributed by atoms with Gasteiger partial charge in [-0.3, -0.25) is 14.4 Å². The molecule has 0 aliphatic heterocycles. The molecular weight excluding hydrogens is 473 g/mol. The largest absolute Gasteiger partial charge is 0.454 e. The summed E-state index contributed by atoms with van der Waals surface area (Å²) in [6.45, 7) is -1.15. The molecule has 6 nitrogen and oxygen atoms in total. The molecule has 1 amide bonds. The second kappa shape index (κ2) is 9.18. The number of halogens is 4. The van der Waals surface area contributed by atoms with Crippen LogP contribution in [-0.4, -0.2) is 23.1 Å². The number of pyridine rings is 1. The van der Waals surface area contributed by atoms with Crippen LogP contribution in [0.4, 0.5) is 18.9 Å². The number of amides is 1. The maximum absolute atomic E-state index is 13.2. The van der Waals surface area contributed by atoms with Gasteiger partial charge in [-0.15, -0.1) is 0 Å². The van der Waals surface area contributed by atoms with Crippen LogP contribution in [0.2, 0.25) is 5.02 Å². The molecule has 4 aromatic rings. The minimum Gasteiger partial charge on any atom is -0.454 e. The molecule has 0 aliphatic rings. The summed E-state index contributed by atoms with van der Waals surface area (Å²) in [5, 5.41) is 2.57. The first-order chi connectivity index (χ1) is 16.2. The van der Waals surface area contributed by atoms with E-state index in [1.807, 2.05) is 0 Å². The molecule has 0 atom stereocenters. The van der Waals surface area contributed by atoms with E-state index in [1.165, 1.54) is 6.07 Å². The van der Waals surface area contributed by atoms with Gasteiger partial charge in [0.1, 0.15) is 6.54 Å². The molecular formula is C24H16ClF3N2O4. The predicted molar refractivity (Wildman–Crippen MR) is 122 cm³/mol. The quantitative estimate of drug-likeness (QED) is 0.316. The third-order valence-electron chi connectivity index (χ3n) is 5.11. The van der Waals surface area contributed by atoms with Crippen molar-refractivity contribution in [3.05, 3.63) is 87.5 Å². The lowest BCUT2D eigenvalue weighted by Crippen LogP contribution is -2.25. The van der Waals surface area contributed by atoms with Crippen LogP contribution in [0.25, 0.3) is 21.8 Å². The number of hydrogen-bond acceptors (Lipinski definition) is 4. The van der Waals surface area contributed by atoms with Crippen molar-refractivity contribution in [1.82, 2.24) is 4.57 Å². The third-order valence-corrected chi connectivity index (χ3v) is 5.43. The molecule has 4 rings (SSSR count). The van der Waals surface area contributed by atoms with Crippen molar-refractivity contribution < 1.29 is 27.5 Å². The molecule has 1 aromatic heterocycles. The maximum atomic E-state index is 13.2. The highest BCUT2D eigenvalue weighted by Gasteiger charge is 2.34. The van der Waals surface area contributed by atoms with Crippen LogP contribution < -0.4 is 10.7 Å². The lowest BCUT2D eigenvalue weighted by molar-refractivity contribution is -0.147. The summed E-state index contributed by atoms with van der Waals surface area (Å²) in [5.41, 5.74) is -0.923. The van der Waals surface area contributed by atoms with E-state index >= 15 is 0 Å². The third kappa shape index (κ3) is 4.60. The monoisotopic (exact) mass is 488 g/mol. The van der Waals surface area contributed by atoms with Crippen LogP contribution in [-0.2, 0) is 27.0 Å². The van der Waals surface area contributed by atoms with Gasteiger partial charge in [0.25, 0.3) is 5.91 Å². The van der Waals surface area contributed by atoms with Gasteiger partial charge >= 0.3 is 12.1 Å². The molecule has 0 spiro atoms. The number of nitrogens with zero attached hydrogens (tertiary/aromatic N) is 1. The Labute approximate surface area is 195 Å². The van der Waals surface area contributed by atoms with Gasteiger partial charge in [-0.2, -0.15) is 13.2 Å². The number of nitrogens with one attached hydrogen (secondary N) is 1. The van der Waals surface area contributed by atoms with Crippen molar-refractivity contribution >= 4 is 51.0 Å². The fourth-order valence-corrected chi connectivity index (χ4v) is 3.85. The molecule has 0 radical (unpaired) electrons. The summed E-state index contributed by atoms with van der Waals surface area (Å²) in [6.07, 6.45) is -4.74. The Hall–Kier alpha value is -3.85. The van der Waals surface area contributed by atoms with Gasteiger partial charge in [0.05, 0.1) is 27.3 Å². The Morgan fingerprint density at radius 2 is 1.50 bits per heavy atom. The minimum atomic E-state index is -4.74. The van der Waals surface area contributed by atoms with Crippen LogP contribution in [0, 0.1) is 0 Å². The molecule has 1 heterocycles. The minimum absolute atomic E-state index is 0.185. The Morgan fingerprint density at radius 1 is 0.912 bits per heavy atom. The first kappa shape index (κ1) is 23.3. The van der Waals surface area contributed by atoms with Gasteiger partial charge in [-0.25, -0.2) is 0 Å². The van der Waals surface area contributed by atoms with Crippen molar-refractivity contribution in [2.75, 3.05) is 11.9 Å². The summed E-state index contributed by atoms with van der Waals surface area (Å²) in [6, 6.07) is 16.6. The predicted octanol–water partition coefficient (Wildman–Crippen LogP) is 5.01. The van der Waals surface area contributed by atoms with E-state index in [9.17, 15) is 27.6 Å². The van der Waals surface area contributed by atoms with Gasteiger partial charge in [0.15, 0.2) is 12.0 Å². The molecule has 0 aliphatic carbocycles. The number of rotatable bonds is 5. The Bertz CT molecular complexity index is 1420. The van der Waals surface area contributed by atoms with E-state index in [0.29, 0.717) is 21.8 Å². The van der Waals surface area contributed by atoms with E-state index in [0.717, 1.165) is 12.1 Å². The number of carbonyl (C=O) groups is 2. The zero-order valence-electron chi connectivity index (χ0n) is 17.4. The Morgan fingerprint density at radius 3 is 2.09 bits per heavy atom. The van der Waals surface area contributed by atoms with Crippen molar-refractivity contribution in [2.45, 2.75) is 12.7 Å². The van der Waals surface area contributed by atoms with Crippen LogP contribution in [0.15, 0.2) is 71.5 Å². The van der Waals surface area contributed by atoms with Gasteiger partial charge in [-0.1, -0.05) is 41.9 Å². The first-order valence-electron chi connectivity index (χ1n) is 9.98. The normalized spacial score (nSPS) is 11.5. The van der Waals surface area contributed by atoms with E-state index in [1.54, 1.807) is 53.1 Å². The molecule has 174 valence electrons. The van der Waals surface area contributed by atoms with E-state index in [-0.39, 0.29) is 17.0 Å². The molecule has 0 saturated heterocycles. The number of hydrogen-bond donors (Lipinski definition) is 1. The van der Waals surface area contributed by atoms with E-state index < -0.39 is 35.9 Å². The molecule has 34 heavy (non-hydrogen) atoms. The smallest absolute Gasteiger partial charge is 0.418 e.